The van der Waals surface area contributed by atoms with E-state index in [-0.39, 0.29) is 5.91 Å². The fourth-order valence-corrected chi connectivity index (χ4v) is 3.20. The summed E-state index contributed by atoms with van der Waals surface area (Å²) in [7, 11) is 0. The Hall–Kier alpha value is -2.05. The standard InChI is InChI=1S/C13H8N2O2S2/c16-7-8-5-6-11(18-8)12(17)15-13-14-9-3-1-2-4-10(9)19-13/h1-7H,(H,14,15,17). The fraction of sp³-hybridized carbons (Fsp3) is 0. The maximum absolute atomic E-state index is 12.0. The molecule has 1 aromatic carbocycles. The van der Waals surface area contributed by atoms with Gasteiger partial charge in [0.05, 0.1) is 20.0 Å². The summed E-state index contributed by atoms with van der Waals surface area (Å²) in [5, 5.41) is 3.31. The van der Waals surface area contributed by atoms with Crippen molar-refractivity contribution in [3.05, 3.63) is 46.2 Å². The Morgan fingerprint density at radius 1 is 1.16 bits per heavy atom. The van der Waals surface area contributed by atoms with E-state index in [1.807, 2.05) is 24.3 Å². The van der Waals surface area contributed by atoms with E-state index in [0.29, 0.717) is 14.9 Å². The number of amides is 1. The number of hydrogen-bond donors (Lipinski definition) is 1. The minimum atomic E-state index is -0.239. The molecular weight excluding hydrogens is 280 g/mol. The predicted octanol–water partition coefficient (Wildman–Crippen LogP) is 3.42. The average Bonchev–Trinajstić information content (AvgIpc) is 3.04. The predicted molar refractivity (Wildman–Crippen MR) is 77.3 cm³/mol. The van der Waals surface area contributed by atoms with Crippen LogP contribution in [-0.4, -0.2) is 17.2 Å². The molecular formula is C13H8N2O2S2. The van der Waals surface area contributed by atoms with Crippen LogP contribution >= 0.6 is 22.7 Å². The zero-order valence-electron chi connectivity index (χ0n) is 9.62. The Bertz CT molecular complexity index is 728. The number of benzene rings is 1. The molecule has 0 fully saturated rings. The molecule has 6 heteroatoms. The number of aromatic nitrogens is 1. The molecule has 1 N–H and O–H groups in total. The normalized spacial score (nSPS) is 10.5. The van der Waals surface area contributed by atoms with Gasteiger partial charge in [0.15, 0.2) is 11.4 Å². The molecule has 4 nitrogen and oxygen atoms in total. The quantitative estimate of drug-likeness (QED) is 0.751. The SMILES string of the molecule is O=Cc1ccc(C(=O)Nc2nc3ccccc3s2)s1. The minimum absolute atomic E-state index is 0.239. The van der Waals surface area contributed by atoms with Gasteiger partial charge in [-0.05, 0) is 24.3 Å². The van der Waals surface area contributed by atoms with Gasteiger partial charge >= 0.3 is 0 Å². The van der Waals surface area contributed by atoms with E-state index in [9.17, 15) is 9.59 Å². The van der Waals surface area contributed by atoms with E-state index in [0.717, 1.165) is 27.8 Å². The second-order valence-corrected chi connectivity index (χ2v) is 5.91. The highest BCUT2D eigenvalue weighted by Gasteiger charge is 2.11. The molecule has 0 aliphatic carbocycles. The van der Waals surface area contributed by atoms with Crippen LogP contribution in [0.5, 0.6) is 0 Å². The van der Waals surface area contributed by atoms with Crippen LogP contribution in [0, 0.1) is 0 Å². The number of carbonyl (C=O) groups excluding carboxylic acids is 2. The lowest BCUT2D eigenvalue weighted by atomic mass is 10.3. The highest BCUT2D eigenvalue weighted by atomic mass is 32.1. The summed E-state index contributed by atoms with van der Waals surface area (Å²) in [5.41, 5.74) is 0.863. The third-order valence-corrected chi connectivity index (χ3v) is 4.44. The Morgan fingerprint density at radius 2 is 2.00 bits per heavy atom. The summed E-state index contributed by atoms with van der Waals surface area (Å²) >= 11 is 2.59. The second kappa shape index (κ2) is 4.91. The Kier molecular flexibility index (Phi) is 3.10. The summed E-state index contributed by atoms with van der Waals surface area (Å²) in [5.74, 6) is -0.239. The third kappa shape index (κ3) is 2.40. The monoisotopic (exact) mass is 288 g/mol. The molecule has 0 bridgehead atoms. The summed E-state index contributed by atoms with van der Waals surface area (Å²) < 4.78 is 1.03. The number of para-hydroxylation sites is 1. The number of thiophene rings is 1. The van der Waals surface area contributed by atoms with E-state index >= 15 is 0 Å². The van der Waals surface area contributed by atoms with E-state index < -0.39 is 0 Å². The molecule has 19 heavy (non-hydrogen) atoms. The molecule has 0 radical (unpaired) electrons. The molecule has 0 saturated carbocycles. The lowest BCUT2D eigenvalue weighted by Crippen LogP contribution is -2.09. The van der Waals surface area contributed by atoms with Gasteiger partial charge in [-0.15, -0.1) is 11.3 Å². The first kappa shape index (κ1) is 12.0. The number of anilines is 1. The number of nitrogens with one attached hydrogen (secondary N) is 1. The molecule has 3 aromatic rings. The smallest absolute Gasteiger partial charge is 0.267 e. The number of aldehydes is 1. The first-order valence-electron chi connectivity index (χ1n) is 5.48. The topological polar surface area (TPSA) is 59.1 Å². The number of carbonyl (C=O) groups is 2. The van der Waals surface area contributed by atoms with Gasteiger partial charge in [0.1, 0.15) is 0 Å². The van der Waals surface area contributed by atoms with Gasteiger partial charge in [0.2, 0.25) is 0 Å². The molecule has 2 heterocycles. The van der Waals surface area contributed by atoms with Crippen LogP contribution in [0.3, 0.4) is 0 Å². The van der Waals surface area contributed by atoms with Crippen LogP contribution < -0.4 is 5.32 Å². The van der Waals surface area contributed by atoms with Gasteiger partial charge < -0.3 is 0 Å². The molecule has 0 atom stereocenters. The van der Waals surface area contributed by atoms with Crippen molar-refractivity contribution in [2.75, 3.05) is 5.32 Å². The van der Waals surface area contributed by atoms with Gasteiger partial charge in [-0.2, -0.15) is 0 Å². The first-order valence-corrected chi connectivity index (χ1v) is 7.11. The Balaban J connectivity index is 1.84. The molecule has 94 valence electrons. The summed E-state index contributed by atoms with van der Waals surface area (Å²) in [6.07, 6.45) is 0.735. The van der Waals surface area contributed by atoms with Gasteiger partial charge in [-0.3, -0.25) is 14.9 Å². The summed E-state index contributed by atoms with van der Waals surface area (Å²) in [6, 6.07) is 11.0. The van der Waals surface area contributed by atoms with Crippen molar-refractivity contribution in [3.8, 4) is 0 Å². The number of nitrogens with zero attached hydrogens (tertiary/aromatic N) is 1. The van der Waals surface area contributed by atoms with Gasteiger partial charge in [0, 0.05) is 0 Å². The average molecular weight is 288 g/mol. The van der Waals surface area contributed by atoms with Gasteiger partial charge in [-0.1, -0.05) is 23.5 Å². The van der Waals surface area contributed by atoms with Crippen molar-refractivity contribution >= 4 is 50.2 Å². The molecule has 0 aliphatic heterocycles. The largest absolute Gasteiger partial charge is 0.297 e. The molecule has 0 saturated heterocycles. The van der Waals surface area contributed by atoms with E-state index in [1.165, 1.54) is 11.3 Å². The number of fused-ring (bicyclic) bond motifs is 1. The Morgan fingerprint density at radius 3 is 2.74 bits per heavy atom. The Labute approximate surface area is 116 Å². The van der Waals surface area contributed by atoms with Gasteiger partial charge in [-0.25, -0.2) is 4.98 Å². The fourth-order valence-electron chi connectivity index (χ4n) is 1.62. The van der Waals surface area contributed by atoms with E-state index in [4.69, 9.17) is 0 Å². The van der Waals surface area contributed by atoms with Crippen LogP contribution in [0.4, 0.5) is 5.13 Å². The lowest BCUT2D eigenvalue weighted by Gasteiger charge is -1.96. The first-order chi connectivity index (χ1) is 9.26. The van der Waals surface area contributed by atoms with E-state index in [1.54, 1.807) is 12.1 Å². The molecule has 0 spiro atoms. The zero-order valence-corrected chi connectivity index (χ0v) is 11.3. The van der Waals surface area contributed by atoms with E-state index in [2.05, 4.69) is 10.3 Å². The second-order valence-electron chi connectivity index (χ2n) is 3.76. The van der Waals surface area contributed by atoms with Crippen LogP contribution in [0.2, 0.25) is 0 Å². The number of thiazole rings is 1. The van der Waals surface area contributed by atoms with Crippen molar-refractivity contribution in [2.24, 2.45) is 0 Å². The molecule has 0 aliphatic rings. The molecule has 0 unspecified atom stereocenters. The van der Waals surface area contributed by atoms with Crippen LogP contribution in [-0.2, 0) is 0 Å². The summed E-state index contributed by atoms with van der Waals surface area (Å²) in [4.78, 5) is 27.9. The van der Waals surface area contributed by atoms with Crippen molar-refractivity contribution in [3.63, 3.8) is 0 Å². The van der Waals surface area contributed by atoms with Crippen molar-refractivity contribution < 1.29 is 9.59 Å². The molecule has 3 rings (SSSR count). The molecule has 2 aromatic heterocycles. The van der Waals surface area contributed by atoms with Crippen molar-refractivity contribution in [2.45, 2.75) is 0 Å². The zero-order chi connectivity index (χ0) is 13.2. The minimum Gasteiger partial charge on any atom is -0.297 e. The lowest BCUT2D eigenvalue weighted by molar-refractivity contribution is 0.103. The van der Waals surface area contributed by atoms with Crippen molar-refractivity contribution in [1.82, 2.24) is 4.98 Å². The highest BCUT2D eigenvalue weighted by molar-refractivity contribution is 7.22. The van der Waals surface area contributed by atoms with Crippen LogP contribution in [0.25, 0.3) is 10.2 Å². The van der Waals surface area contributed by atoms with Crippen LogP contribution in [0.15, 0.2) is 36.4 Å². The maximum Gasteiger partial charge on any atom is 0.267 e. The summed E-state index contributed by atoms with van der Waals surface area (Å²) in [6.45, 7) is 0. The number of rotatable bonds is 3. The number of hydrogen-bond acceptors (Lipinski definition) is 5. The maximum atomic E-state index is 12.0. The molecule has 1 amide bonds. The highest BCUT2D eigenvalue weighted by Crippen LogP contribution is 2.26. The van der Waals surface area contributed by atoms with Crippen LogP contribution in [0.1, 0.15) is 19.3 Å². The van der Waals surface area contributed by atoms with Crippen molar-refractivity contribution in [1.29, 1.82) is 0 Å². The van der Waals surface area contributed by atoms with Gasteiger partial charge in [0.25, 0.3) is 5.91 Å². The third-order valence-electron chi connectivity index (χ3n) is 2.48.